The van der Waals surface area contributed by atoms with Gasteiger partial charge in [-0.25, -0.2) is 9.97 Å². The second-order valence-corrected chi connectivity index (χ2v) is 4.67. The Bertz CT molecular complexity index is 703. The lowest BCUT2D eigenvalue weighted by molar-refractivity contribution is 1.02. The molecule has 0 radical (unpaired) electrons. The highest BCUT2D eigenvalue weighted by Gasteiger charge is 2.05. The molecule has 0 saturated carbocycles. The summed E-state index contributed by atoms with van der Waals surface area (Å²) in [4.78, 5) is 14.8. The molecule has 0 aromatic carbocycles. The summed E-state index contributed by atoms with van der Waals surface area (Å²) in [5, 5.41) is 0. The van der Waals surface area contributed by atoms with Crippen molar-refractivity contribution in [1.82, 2.24) is 19.5 Å². The molecule has 5 nitrogen and oxygen atoms in total. The van der Waals surface area contributed by atoms with Crippen LogP contribution in [0.2, 0.25) is 0 Å². The van der Waals surface area contributed by atoms with Crippen molar-refractivity contribution in [3.05, 3.63) is 55.4 Å². The van der Waals surface area contributed by atoms with Gasteiger partial charge >= 0.3 is 0 Å². The Hall–Kier alpha value is -2.69. The summed E-state index contributed by atoms with van der Waals surface area (Å²) < 4.78 is 1.98. The van der Waals surface area contributed by atoms with E-state index in [9.17, 15) is 0 Å². The van der Waals surface area contributed by atoms with Crippen LogP contribution in [-0.2, 0) is 0 Å². The Morgan fingerprint density at radius 1 is 1.10 bits per heavy atom. The highest BCUT2D eigenvalue weighted by molar-refractivity contribution is 5.57. The number of hydrogen-bond donors (Lipinski definition) is 0. The second-order valence-electron chi connectivity index (χ2n) is 4.67. The van der Waals surface area contributed by atoms with Crippen molar-refractivity contribution in [2.24, 2.45) is 0 Å². The second kappa shape index (κ2) is 5.13. The van der Waals surface area contributed by atoms with E-state index in [1.165, 1.54) is 0 Å². The van der Waals surface area contributed by atoms with Crippen molar-refractivity contribution < 1.29 is 0 Å². The monoisotopic (exact) mass is 265 g/mol. The summed E-state index contributed by atoms with van der Waals surface area (Å²) in [6, 6.07) is 7.89. The fraction of sp³-hybridized carbons (Fsp3) is 0.133. The molecule has 3 aromatic rings. The van der Waals surface area contributed by atoms with Gasteiger partial charge in [-0.15, -0.1) is 0 Å². The fourth-order valence-corrected chi connectivity index (χ4v) is 1.94. The maximum Gasteiger partial charge on any atom is 0.130 e. The summed E-state index contributed by atoms with van der Waals surface area (Å²) in [5.74, 6) is 0.916. The van der Waals surface area contributed by atoms with Gasteiger partial charge in [0.2, 0.25) is 0 Å². The van der Waals surface area contributed by atoms with Gasteiger partial charge in [-0.2, -0.15) is 0 Å². The van der Waals surface area contributed by atoms with Gasteiger partial charge < -0.3 is 9.47 Å². The fourth-order valence-electron chi connectivity index (χ4n) is 1.94. The molecule has 0 bridgehead atoms. The van der Waals surface area contributed by atoms with E-state index in [0.717, 1.165) is 22.8 Å². The Labute approximate surface area is 117 Å². The highest BCUT2D eigenvalue weighted by Crippen LogP contribution is 2.19. The zero-order chi connectivity index (χ0) is 13.9. The number of imidazole rings is 1. The third kappa shape index (κ3) is 2.38. The Morgan fingerprint density at radius 3 is 2.75 bits per heavy atom. The molecule has 3 rings (SSSR count). The summed E-state index contributed by atoms with van der Waals surface area (Å²) in [5.41, 5.74) is 2.95. The molecule has 0 atom stereocenters. The van der Waals surface area contributed by atoms with Gasteiger partial charge in [0.05, 0.1) is 17.7 Å². The van der Waals surface area contributed by atoms with Crippen LogP contribution in [0.4, 0.5) is 5.82 Å². The smallest absolute Gasteiger partial charge is 0.130 e. The lowest BCUT2D eigenvalue weighted by Crippen LogP contribution is -2.10. The SMILES string of the molecule is CN(C)c1cc(-n2cnc(-c3cccnc3)c2)ccn1. The first-order valence-corrected chi connectivity index (χ1v) is 6.32. The molecule has 0 fully saturated rings. The molecule has 5 heteroatoms. The van der Waals surface area contributed by atoms with Crippen LogP contribution in [0.3, 0.4) is 0 Å². The van der Waals surface area contributed by atoms with Gasteiger partial charge in [-0.1, -0.05) is 0 Å². The molecule has 100 valence electrons. The molecule has 0 N–H and O–H groups in total. The first-order chi connectivity index (χ1) is 9.74. The van der Waals surface area contributed by atoms with Crippen LogP contribution >= 0.6 is 0 Å². The number of rotatable bonds is 3. The minimum Gasteiger partial charge on any atom is -0.363 e. The zero-order valence-corrected chi connectivity index (χ0v) is 11.4. The van der Waals surface area contributed by atoms with Crippen LogP contribution in [0.15, 0.2) is 55.4 Å². The van der Waals surface area contributed by atoms with Gasteiger partial charge in [0.25, 0.3) is 0 Å². The van der Waals surface area contributed by atoms with Crippen molar-refractivity contribution in [1.29, 1.82) is 0 Å². The van der Waals surface area contributed by atoms with Gasteiger partial charge in [-0.3, -0.25) is 4.98 Å². The lowest BCUT2D eigenvalue weighted by atomic mass is 10.2. The van der Waals surface area contributed by atoms with E-state index in [1.54, 1.807) is 18.7 Å². The Morgan fingerprint density at radius 2 is 2.00 bits per heavy atom. The molecule has 3 aromatic heterocycles. The van der Waals surface area contributed by atoms with Crippen LogP contribution in [0.1, 0.15) is 0 Å². The maximum atomic E-state index is 4.43. The van der Waals surface area contributed by atoms with E-state index in [0.29, 0.717) is 0 Å². The van der Waals surface area contributed by atoms with Crippen molar-refractivity contribution >= 4 is 5.82 Å². The molecule has 0 amide bonds. The van der Waals surface area contributed by atoms with Crippen LogP contribution in [0.5, 0.6) is 0 Å². The maximum absolute atomic E-state index is 4.43. The minimum absolute atomic E-state index is 0.904. The average molecular weight is 265 g/mol. The molecule has 0 saturated heterocycles. The zero-order valence-electron chi connectivity index (χ0n) is 11.4. The van der Waals surface area contributed by atoms with E-state index in [2.05, 4.69) is 15.0 Å². The number of aromatic nitrogens is 4. The summed E-state index contributed by atoms with van der Waals surface area (Å²) in [6.45, 7) is 0. The van der Waals surface area contributed by atoms with Crippen molar-refractivity contribution in [2.75, 3.05) is 19.0 Å². The van der Waals surface area contributed by atoms with Crippen LogP contribution in [0.25, 0.3) is 16.9 Å². The summed E-state index contributed by atoms with van der Waals surface area (Å²) >= 11 is 0. The molecule has 20 heavy (non-hydrogen) atoms. The molecule has 0 aliphatic carbocycles. The van der Waals surface area contributed by atoms with E-state index < -0.39 is 0 Å². The number of hydrogen-bond acceptors (Lipinski definition) is 4. The van der Waals surface area contributed by atoms with Crippen molar-refractivity contribution in [3.63, 3.8) is 0 Å². The van der Waals surface area contributed by atoms with Gasteiger partial charge in [0.15, 0.2) is 0 Å². The first-order valence-electron chi connectivity index (χ1n) is 6.32. The normalized spacial score (nSPS) is 10.5. The number of pyridine rings is 2. The molecular weight excluding hydrogens is 250 g/mol. The van der Waals surface area contributed by atoms with E-state index >= 15 is 0 Å². The highest BCUT2D eigenvalue weighted by atomic mass is 15.1. The molecule has 0 spiro atoms. The van der Waals surface area contributed by atoms with Crippen LogP contribution in [0, 0.1) is 0 Å². The largest absolute Gasteiger partial charge is 0.363 e. The number of anilines is 1. The Balaban J connectivity index is 1.96. The lowest BCUT2D eigenvalue weighted by Gasteiger charge is -2.12. The standard InChI is InChI=1S/C15H15N5/c1-19(2)15-8-13(5-7-17-15)20-10-14(18-11-20)12-4-3-6-16-9-12/h3-11H,1-2H3. The van der Waals surface area contributed by atoms with E-state index in [4.69, 9.17) is 0 Å². The van der Waals surface area contributed by atoms with Gasteiger partial charge in [0, 0.05) is 50.5 Å². The summed E-state index contributed by atoms with van der Waals surface area (Å²) in [6.07, 6.45) is 9.16. The minimum atomic E-state index is 0.904. The van der Waals surface area contributed by atoms with Crippen LogP contribution < -0.4 is 4.90 Å². The van der Waals surface area contributed by atoms with E-state index in [1.807, 2.05) is 60.2 Å². The number of nitrogens with zero attached hydrogens (tertiary/aromatic N) is 5. The third-order valence-corrected chi connectivity index (χ3v) is 3.03. The molecular formula is C15H15N5. The molecule has 0 aliphatic heterocycles. The molecule has 0 aliphatic rings. The predicted octanol–water partition coefficient (Wildman–Crippen LogP) is 2.40. The van der Waals surface area contributed by atoms with E-state index in [-0.39, 0.29) is 0 Å². The van der Waals surface area contributed by atoms with Crippen LogP contribution in [-0.4, -0.2) is 33.6 Å². The van der Waals surface area contributed by atoms with Gasteiger partial charge in [-0.05, 0) is 18.2 Å². The Kier molecular flexibility index (Phi) is 3.16. The summed E-state index contributed by atoms with van der Waals surface area (Å²) in [7, 11) is 3.95. The van der Waals surface area contributed by atoms with Gasteiger partial charge in [0.1, 0.15) is 5.82 Å². The first kappa shape index (κ1) is 12.3. The quantitative estimate of drug-likeness (QED) is 0.729. The molecule has 0 unspecified atom stereocenters. The van der Waals surface area contributed by atoms with Crippen molar-refractivity contribution in [2.45, 2.75) is 0 Å². The average Bonchev–Trinajstić information content (AvgIpc) is 2.98. The predicted molar refractivity (Wildman–Crippen MR) is 78.9 cm³/mol. The topological polar surface area (TPSA) is 46.8 Å². The van der Waals surface area contributed by atoms with Crippen molar-refractivity contribution in [3.8, 4) is 16.9 Å². The molecule has 3 heterocycles. The third-order valence-electron chi connectivity index (χ3n) is 3.03.